The van der Waals surface area contributed by atoms with E-state index in [9.17, 15) is 13.2 Å². The Morgan fingerprint density at radius 1 is 1.10 bits per heavy atom. The molecule has 0 spiro atoms. The number of carbonyl (C=O) groups is 1. The van der Waals surface area contributed by atoms with Crippen molar-refractivity contribution >= 4 is 33.0 Å². The van der Waals surface area contributed by atoms with Gasteiger partial charge in [0.05, 0.1) is 23.8 Å². The zero-order chi connectivity index (χ0) is 21.1. The van der Waals surface area contributed by atoms with Crippen molar-refractivity contribution in [3.8, 4) is 10.6 Å². The lowest BCUT2D eigenvalue weighted by Crippen LogP contribution is -2.40. The first-order valence-corrected chi connectivity index (χ1v) is 11.7. The second-order valence-electron chi connectivity index (χ2n) is 6.80. The Balaban J connectivity index is 1.55. The highest BCUT2D eigenvalue weighted by molar-refractivity contribution is 7.89. The van der Waals surface area contributed by atoms with Crippen LogP contribution in [-0.2, 0) is 14.8 Å². The number of anilines is 1. The van der Waals surface area contributed by atoms with Crippen LogP contribution >= 0.6 is 11.3 Å². The smallest absolute Gasteiger partial charge is 0.267 e. The van der Waals surface area contributed by atoms with Crippen molar-refractivity contribution in [3.05, 3.63) is 65.2 Å². The molecule has 3 aromatic rings. The molecule has 9 heteroatoms. The number of morpholine rings is 1. The van der Waals surface area contributed by atoms with Crippen LogP contribution in [0.5, 0.6) is 0 Å². The van der Waals surface area contributed by atoms with E-state index in [1.165, 1.54) is 27.8 Å². The molecule has 1 fully saturated rings. The number of aryl methyl sites for hydroxylation is 1. The average molecular weight is 444 g/mol. The van der Waals surface area contributed by atoms with Gasteiger partial charge in [-0.15, -0.1) is 11.3 Å². The summed E-state index contributed by atoms with van der Waals surface area (Å²) in [6.45, 7) is 3.19. The molecule has 0 atom stereocenters. The summed E-state index contributed by atoms with van der Waals surface area (Å²) in [7, 11) is -3.63. The Hall–Kier alpha value is -2.59. The molecule has 1 aromatic heterocycles. The van der Waals surface area contributed by atoms with E-state index in [0.29, 0.717) is 42.6 Å². The zero-order valence-electron chi connectivity index (χ0n) is 16.4. The Morgan fingerprint density at radius 3 is 2.57 bits per heavy atom. The first-order chi connectivity index (χ1) is 14.4. The van der Waals surface area contributed by atoms with Gasteiger partial charge in [-0.25, -0.2) is 13.4 Å². The Bertz CT molecular complexity index is 1150. The number of ether oxygens (including phenoxy) is 1. The van der Waals surface area contributed by atoms with Crippen molar-refractivity contribution in [1.82, 2.24) is 9.29 Å². The molecule has 0 aliphatic carbocycles. The van der Waals surface area contributed by atoms with Crippen molar-refractivity contribution in [2.45, 2.75) is 11.8 Å². The predicted octanol–water partition coefficient (Wildman–Crippen LogP) is 3.39. The van der Waals surface area contributed by atoms with E-state index in [1.54, 1.807) is 19.1 Å². The van der Waals surface area contributed by atoms with Crippen LogP contribution in [0.3, 0.4) is 0 Å². The van der Waals surface area contributed by atoms with Crippen molar-refractivity contribution in [2.75, 3.05) is 31.6 Å². The van der Waals surface area contributed by atoms with E-state index in [4.69, 9.17) is 4.74 Å². The summed E-state index contributed by atoms with van der Waals surface area (Å²) in [5, 5.41) is 3.57. The normalized spacial score (nSPS) is 15.1. The quantitative estimate of drug-likeness (QED) is 0.653. The topological polar surface area (TPSA) is 88.6 Å². The van der Waals surface area contributed by atoms with Gasteiger partial charge in [0.15, 0.2) is 0 Å². The third-order valence-electron chi connectivity index (χ3n) is 4.72. The molecule has 7 nitrogen and oxygen atoms in total. The lowest BCUT2D eigenvalue weighted by Gasteiger charge is -2.26. The highest BCUT2D eigenvalue weighted by Gasteiger charge is 2.26. The Morgan fingerprint density at radius 2 is 1.83 bits per heavy atom. The van der Waals surface area contributed by atoms with Gasteiger partial charge in [0.2, 0.25) is 10.0 Å². The number of amides is 1. The molecule has 1 aliphatic rings. The summed E-state index contributed by atoms with van der Waals surface area (Å²) in [4.78, 5) is 18.0. The fourth-order valence-electron chi connectivity index (χ4n) is 3.17. The van der Waals surface area contributed by atoms with Crippen LogP contribution in [0.1, 0.15) is 15.4 Å². The van der Waals surface area contributed by atoms with Crippen LogP contribution in [0.2, 0.25) is 0 Å². The number of rotatable bonds is 5. The number of nitrogens with zero attached hydrogens (tertiary/aromatic N) is 2. The Kier molecular flexibility index (Phi) is 5.96. The van der Waals surface area contributed by atoms with Crippen LogP contribution < -0.4 is 5.32 Å². The van der Waals surface area contributed by atoms with E-state index < -0.39 is 10.0 Å². The standard InChI is InChI=1S/C21H21N3O4S2/c1-15-19(29-21(22-15)16-6-3-2-4-7-16)20(25)23-17-8-5-9-18(14-17)30(26,27)24-10-12-28-13-11-24/h2-9,14H,10-13H2,1H3,(H,23,25). The van der Waals surface area contributed by atoms with Crippen LogP contribution in [-0.4, -0.2) is 49.9 Å². The van der Waals surface area contributed by atoms with Gasteiger partial charge in [-0.05, 0) is 25.1 Å². The third kappa shape index (κ3) is 4.29. The number of hydrogen-bond donors (Lipinski definition) is 1. The summed E-state index contributed by atoms with van der Waals surface area (Å²) in [5.74, 6) is -0.312. The minimum atomic E-state index is -3.63. The van der Waals surface area contributed by atoms with Crippen molar-refractivity contribution in [2.24, 2.45) is 0 Å². The maximum absolute atomic E-state index is 12.9. The van der Waals surface area contributed by atoms with E-state index in [2.05, 4.69) is 10.3 Å². The number of carbonyl (C=O) groups excluding carboxylic acids is 1. The van der Waals surface area contributed by atoms with Gasteiger partial charge in [-0.3, -0.25) is 4.79 Å². The van der Waals surface area contributed by atoms with Crippen molar-refractivity contribution in [1.29, 1.82) is 0 Å². The number of sulfonamides is 1. The predicted molar refractivity (Wildman–Crippen MR) is 116 cm³/mol. The molecule has 4 rings (SSSR count). The second-order valence-corrected chi connectivity index (χ2v) is 9.73. The number of benzene rings is 2. The van der Waals surface area contributed by atoms with Gasteiger partial charge < -0.3 is 10.1 Å². The SMILES string of the molecule is Cc1nc(-c2ccccc2)sc1C(=O)Nc1cccc(S(=O)(=O)N2CCOCC2)c1. The number of nitrogens with one attached hydrogen (secondary N) is 1. The van der Waals surface area contributed by atoms with Gasteiger partial charge in [0.25, 0.3) is 5.91 Å². The third-order valence-corrected chi connectivity index (χ3v) is 7.82. The zero-order valence-corrected chi connectivity index (χ0v) is 18.0. The molecular formula is C21H21N3O4S2. The van der Waals surface area contributed by atoms with Gasteiger partial charge in [-0.2, -0.15) is 4.31 Å². The van der Waals surface area contributed by atoms with Gasteiger partial charge in [0, 0.05) is 24.3 Å². The highest BCUT2D eigenvalue weighted by Crippen LogP contribution is 2.29. The number of aromatic nitrogens is 1. The molecule has 30 heavy (non-hydrogen) atoms. The molecule has 0 saturated carbocycles. The second kappa shape index (κ2) is 8.65. The highest BCUT2D eigenvalue weighted by atomic mass is 32.2. The maximum Gasteiger partial charge on any atom is 0.267 e. The molecule has 1 aliphatic heterocycles. The van der Waals surface area contributed by atoms with E-state index in [1.807, 2.05) is 30.3 Å². The lowest BCUT2D eigenvalue weighted by atomic mass is 10.2. The van der Waals surface area contributed by atoms with Crippen LogP contribution in [0.25, 0.3) is 10.6 Å². The fraction of sp³-hybridized carbons (Fsp3) is 0.238. The summed E-state index contributed by atoms with van der Waals surface area (Å²) < 4.78 is 32.4. The van der Waals surface area contributed by atoms with Crippen LogP contribution in [0.4, 0.5) is 5.69 Å². The number of thiazole rings is 1. The van der Waals surface area contributed by atoms with Gasteiger partial charge in [-0.1, -0.05) is 36.4 Å². The van der Waals surface area contributed by atoms with E-state index >= 15 is 0 Å². The molecule has 2 aromatic carbocycles. The van der Waals surface area contributed by atoms with Gasteiger partial charge >= 0.3 is 0 Å². The molecule has 2 heterocycles. The molecule has 1 N–H and O–H groups in total. The fourth-order valence-corrected chi connectivity index (χ4v) is 5.59. The lowest BCUT2D eigenvalue weighted by molar-refractivity contribution is 0.0730. The Labute approximate surface area is 179 Å². The molecule has 1 amide bonds. The molecule has 0 radical (unpaired) electrons. The minimum Gasteiger partial charge on any atom is -0.379 e. The van der Waals surface area contributed by atoms with E-state index in [-0.39, 0.29) is 10.8 Å². The largest absolute Gasteiger partial charge is 0.379 e. The molecule has 0 bridgehead atoms. The van der Waals surface area contributed by atoms with Crippen LogP contribution in [0.15, 0.2) is 59.5 Å². The maximum atomic E-state index is 12.9. The molecule has 156 valence electrons. The average Bonchev–Trinajstić information content (AvgIpc) is 3.17. The van der Waals surface area contributed by atoms with Crippen LogP contribution in [0, 0.1) is 6.92 Å². The molecular weight excluding hydrogens is 422 g/mol. The summed E-state index contributed by atoms with van der Waals surface area (Å²) in [6.07, 6.45) is 0. The summed E-state index contributed by atoms with van der Waals surface area (Å²) >= 11 is 1.31. The molecule has 0 unspecified atom stereocenters. The summed E-state index contributed by atoms with van der Waals surface area (Å²) in [6, 6.07) is 16.0. The summed E-state index contributed by atoms with van der Waals surface area (Å²) in [5.41, 5.74) is 2.00. The minimum absolute atomic E-state index is 0.146. The van der Waals surface area contributed by atoms with Crippen molar-refractivity contribution in [3.63, 3.8) is 0 Å². The van der Waals surface area contributed by atoms with Gasteiger partial charge in [0.1, 0.15) is 9.88 Å². The number of hydrogen-bond acceptors (Lipinski definition) is 6. The van der Waals surface area contributed by atoms with Crippen molar-refractivity contribution < 1.29 is 17.9 Å². The molecule has 1 saturated heterocycles. The monoisotopic (exact) mass is 443 g/mol. The first kappa shape index (κ1) is 20.7. The van der Waals surface area contributed by atoms with E-state index in [0.717, 1.165) is 10.6 Å². The first-order valence-electron chi connectivity index (χ1n) is 9.47.